The summed E-state index contributed by atoms with van der Waals surface area (Å²) in [7, 11) is 1.64. The minimum Gasteiger partial charge on any atom is -0.486 e. The number of carbonyl (C=O) groups is 2. The Hall–Kier alpha value is -1.73. The van der Waals surface area contributed by atoms with E-state index in [0.717, 1.165) is 24.3 Å². The van der Waals surface area contributed by atoms with Gasteiger partial charge in [0.25, 0.3) is 0 Å². The Balaban J connectivity index is 1.57. The second kappa shape index (κ2) is 9.99. The van der Waals surface area contributed by atoms with Crippen molar-refractivity contribution in [1.82, 2.24) is 4.90 Å². The van der Waals surface area contributed by atoms with Gasteiger partial charge in [-0.3, -0.25) is 9.59 Å². The van der Waals surface area contributed by atoms with Gasteiger partial charge in [0.1, 0.15) is 13.2 Å². The number of amides is 1. The number of benzene rings is 1. The molecule has 1 aromatic carbocycles. The Bertz CT molecular complexity index is 660. The Morgan fingerprint density at radius 1 is 1.15 bits per heavy atom. The molecule has 0 unspecified atom stereocenters. The van der Waals surface area contributed by atoms with Gasteiger partial charge in [0, 0.05) is 38.1 Å². The van der Waals surface area contributed by atoms with Crippen LogP contribution >= 0.6 is 11.8 Å². The van der Waals surface area contributed by atoms with Crippen molar-refractivity contribution in [3.05, 3.63) is 23.8 Å². The molecule has 0 saturated carbocycles. The van der Waals surface area contributed by atoms with Crippen LogP contribution in [0, 0.1) is 0 Å². The number of thioether (sulfide) groups is 1. The van der Waals surface area contributed by atoms with Gasteiger partial charge in [-0.2, -0.15) is 11.8 Å². The first-order chi connectivity index (χ1) is 13.2. The molecule has 0 spiro atoms. The third-order valence-electron chi connectivity index (χ3n) is 4.92. The molecule has 2 heterocycles. The minimum absolute atomic E-state index is 0.0369. The average molecular weight is 394 g/mol. The van der Waals surface area contributed by atoms with Crippen LogP contribution in [0.5, 0.6) is 11.5 Å². The van der Waals surface area contributed by atoms with E-state index in [-0.39, 0.29) is 30.6 Å². The van der Waals surface area contributed by atoms with Crippen molar-refractivity contribution in [2.24, 2.45) is 0 Å². The highest BCUT2D eigenvalue weighted by atomic mass is 32.2. The number of methoxy groups -OCH3 is 1. The SMILES string of the molecule is COCCN(C(=O)CCC(=O)c1ccc2c(c1)OCCO2)C1CCSCC1. The molecule has 2 aliphatic rings. The van der Waals surface area contributed by atoms with Crippen LogP contribution in [0.15, 0.2) is 18.2 Å². The second-order valence-corrected chi connectivity index (χ2v) is 7.93. The zero-order valence-corrected chi connectivity index (χ0v) is 16.6. The molecule has 0 aliphatic carbocycles. The van der Waals surface area contributed by atoms with Crippen molar-refractivity contribution in [1.29, 1.82) is 0 Å². The predicted octanol–water partition coefficient (Wildman–Crippen LogP) is 2.79. The van der Waals surface area contributed by atoms with Crippen molar-refractivity contribution in [2.45, 2.75) is 31.7 Å². The average Bonchev–Trinajstić information content (AvgIpc) is 2.72. The van der Waals surface area contributed by atoms with E-state index in [2.05, 4.69) is 0 Å². The number of hydrogen-bond donors (Lipinski definition) is 0. The number of rotatable bonds is 8. The maximum absolute atomic E-state index is 12.8. The Morgan fingerprint density at radius 2 is 1.89 bits per heavy atom. The highest BCUT2D eigenvalue weighted by Crippen LogP contribution is 2.31. The summed E-state index contributed by atoms with van der Waals surface area (Å²) in [5.74, 6) is 3.41. The zero-order valence-electron chi connectivity index (χ0n) is 15.8. The summed E-state index contributed by atoms with van der Waals surface area (Å²) in [4.78, 5) is 27.3. The number of Topliss-reactive ketones (excluding diaryl/α,β-unsaturated/α-hetero) is 1. The molecule has 0 aromatic heterocycles. The number of carbonyl (C=O) groups excluding carboxylic acids is 2. The summed E-state index contributed by atoms with van der Waals surface area (Å²) in [5, 5.41) is 0. The standard InChI is InChI=1S/C20H27NO5S/c1-24-9-8-21(16-6-12-27-13-7-16)20(23)5-3-17(22)15-2-4-18-19(14-15)26-11-10-25-18/h2,4,14,16H,3,5-13H2,1H3. The first-order valence-corrected chi connectivity index (χ1v) is 10.6. The monoisotopic (exact) mass is 393 g/mol. The van der Waals surface area contributed by atoms with Gasteiger partial charge in [0.15, 0.2) is 17.3 Å². The van der Waals surface area contributed by atoms with Gasteiger partial charge in [-0.1, -0.05) is 0 Å². The number of hydrogen-bond acceptors (Lipinski definition) is 6. The molecule has 0 radical (unpaired) electrons. The number of fused-ring (bicyclic) bond motifs is 1. The summed E-state index contributed by atoms with van der Waals surface area (Å²) in [5.41, 5.74) is 0.560. The van der Waals surface area contributed by atoms with E-state index >= 15 is 0 Å². The Morgan fingerprint density at radius 3 is 2.63 bits per heavy atom. The Kier molecular flexibility index (Phi) is 7.41. The van der Waals surface area contributed by atoms with Crippen LogP contribution in [-0.2, 0) is 9.53 Å². The molecule has 3 rings (SSSR count). The molecule has 0 bridgehead atoms. The molecule has 7 heteroatoms. The lowest BCUT2D eigenvalue weighted by molar-refractivity contribution is -0.134. The molecule has 0 atom stereocenters. The maximum atomic E-state index is 12.8. The second-order valence-electron chi connectivity index (χ2n) is 6.71. The third-order valence-corrected chi connectivity index (χ3v) is 5.97. The highest BCUT2D eigenvalue weighted by molar-refractivity contribution is 7.99. The van der Waals surface area contributed by atoms with Crippen LogP contribution in [0.3, 0.4) is 0 Å². The molecular formula is C20H27NO5S. The van der Waals surface area contributed by atoms with E-state index in [4.69, 9.17) is 14.2 Å². The summed E-state index contributed by atoms with van der Waals surface area (Å²) in [6.07, 6.45) is 2.44. The normalized spacial score (nSPS) is 16.8. The van der Waals surface area contributed by atoms with E-state index in [1.54, 1.807) is 25.3 Å². The van der Waals surface area contributed by atoms with E-state index in [0.29, 0.717) is 43.4 Å². The van der Waals surface area contributed by atoms with Crippen molar-refractivity contribution in [3.63, 3.8) is 0 Å². The smallest absolute Gasteiger partial charge is 0.223 e. The van der Waals surface area contributed by atoms with Crippen LogP contribution < -0.4 is 9.47 Å². The zero-order chi connectivity index (χ0) is 19.1. The van der Waals surface area contributed by atoms with Crippen molar-refractivity contribution >= 4 is 23.5 Å². The lowest BCUT2D eigenvalue weighted by Gasteiger charge is -2.34. The summed E-state index contributed by atoms with van der Waals surface area (Å²) >= 11 is 1.93. The van der Waals surface area contributed by atoms with E-state index in [9.17, 15) is 9.59 Å². The van der Waals surface area contributed by atoms with Crippen LogP contribution in [0.25, 0.3) is 0 Å². The van der Waals surface area contributed by atoms with Gasteiger partial charge >= 0.3 is 0 Å². The molecule has 27 heavy (non-hydrogen) atoms. The van der Waals surface area contributed by atoms with Gasteiger partial charge in [-0.15, -0.1) is 0 Å². The first-order valence-electron chi connectivity index (χ1n) is 9.48. The quantitative estimate of drug-likeness (QED) is 0.633. The minimum atomic E-state index is -0.0498. The van der Waals surface area contributed by atoms with Gasteiger partial charge in [-0.25, -0.2) is 0 Å². The fraction of sp³-hybridized carbons (Fsp3) is 0.600. The van der Waals surface area contributed by atoms with Crippen LogP contribution in [-0.4, -0.2) is 67.6 Å². The molecule has 148 valence electrons. The largest absolute Gasteiger partial charge is 0.486 e. The fourth-order valence-electron chi connectivity index (χ4n) is 3.42. The van der Waals surface area contributed by atoms with Gasteiger partial charge < -0.3 is 19.1 Å². The number of ketones is 1. The Labute approximate surface area is 164 Å². The molecule has 1 aromatic rings. The van der Waals surface area contributed by atoms with Crippen molar-refractivity contribution in [3.8, 4) is 11.5 Å². The van der Waals surface area contributed by atoms with Crippen molar-refractivity contribution < 1.29 is 23.8 Å². The van der Waals surface area contributed by atoms with Gasteiger partial charge in [0.2, 0.25) is 5.91 Å². The summed E-state index contributed by atoms with van der Waals surface area (Å²) in [6, 6.07) is 5.47. The summed E-state index contributed by atoms with van der Waals surface area (Å²) < 4.78 is 16.2. The van der Waals surface area contributed by atoms with Crippen molar-refractivity contribution in [2.75, 3.05) is 45.0 Å². The van der Waals surface area contributed by atoms with Crippen LogP contribution in [0.1, 0.15) is 36.0 Å². The molecular weight excluding hydrogens is 366 g/mol. The lowest BCUT2D eigenvalue weighted by atomic mass is 10.0. The molecule has 1 amide bonds. The van der Waals surface area contributed by atoms with Gasteiger partial charge in [-0.05, 0) is 42.5 Å². The predicted molar refractivity (Wildman–Crippen MR) is 105 cm³/mol. The molecule has 0 N–H and O–H groups in total. The van der Waals surface area contributed by atoms with E-state index in [1.807, 2.05) is 16.7 Å². The number of ether oxygens (including phenoxy) is 3. The maximum Gasteiger partial charge on any atom is 0.223 e. The fourth-order valence-corrected chi connectivity index (χ4v) is 4.50. The van der Waals surface area contributed by atoms with E-state index < -0.39 is 0 Å². The van der Waals surface area contributed by atoms with Gasteiger partial charge in [0.05, 0.1) is 6.61 Å². The third kappa shape index (κ3) is 5.39. The topological polar surface area (TPSA) is 65.1 Å². The van der Waals surface area contributed by atoms with Crippen LogP contribution in [0.2, 0.25) is 0 Å². The molecule has 1 fully saturated rings. The highest BCUT2D eigenvalue weighted by Gasteiger charge is 2.26. The molecule has 1 saturated heterocycles. The first kappa shape index (κ1) is 20.0. The molecule has 2 aliphatic heterocycles. The van der Waals surface area contributed by atoms with E-state index in [1.165, 1.54) is 0 Å². The summed E-state index contributed by atoms with van der Waals surface area (Å²) in [6.45, 7) is 2.11. The number of nitrogens with zero attached hydrogens (tertiary/aromatic N) is 1. The van der Waals surface area contributed by atoms with Crippen LogP contribution in [0.4, 0.5) is 0 Å². The molecule has 6 nitrogen and oxygen atoms in total. The lowest BCUT2D eigenvalue weighted by Crippen LogP contribution is -2.44.